The minimum atomic E-state index is 0.262. The molecule has 2 rings (SSSR count). The summed E-state index contributed by atoms with van der Waals surface area (Å²) in [7, 11) is 0. The van der Waals surface area contributed by atoms with Gasteiger partial charge in [-0.3, -0.25) is 4.98 Å². The van der Waals surface area contributed by atoms with Crippen molar-refractivity contribution >= 4 is 54.8 Å². The average Bonchev–Trinajstić information content (AvgIpc) is 2.72. The van der Waals surface area contributed by atoms with Gasteiger partial charge in [-0.1, -0.05) is 18.5 Å². The summed E-state index contributed by atoms with van der Waals surface area (Å²) in [6, 6.07) is 4.39. The molecule has 1 N–H and O–H groups in total. The number of aromatic nitrogens is 1. The fourth-order valence-corrected chi connectivity index (χ4v) is 4.21. The van der Waals surface area contributed by atoms with Crippen LogP contribution in [0.15, 0.2) is 32.8 Å². The number of halogens is 3. The van der Waals surface area contributed by atoms with E-state index in [1.54, 1.807) is 23.7 Å². The minimum absolute atomic E-state index is 0.262. The molecule has 0 fully saturated rings. The topological polar surface area (TPSA) is 24.9 Å². The van der Waals surface area contributed by atoms with Crippen molar-refractivity contribution in [2.24, 2.45) is 0 Å². The normalized spacial score (nSPS) is 12.6. The number of nitrogens with zero attached hydrogens (tertiary/aromatic N) is 1. The molecule has 0 spiro atoms. The fraction of sp³-hybridized carbons (Fsp3) is 0.308. The first-order valence-corrected chi connectivity index (χ1v) is 8.66. The second kappa shape index (κ2) is 7.18. The van der Waals surface area contributed by atoms with Gasteiger partial charge in [-0.25, -0.2) is 0 Å². The van der Waals surface area contributed by atoms with Gasteiger partial charge in [0.05, 0.1) is 8.81 Å². The van der Waals surface area contributed by atoms with Gasteiger partial charge in [0.15, 0.2) is 0 Å². The molecule has 0 aliphatic rings. The minimum Gasteiger partial charge on any atom is -0.309 e. The first-order valence-electron chi connectivity index (χ1n) is 5.88. The van der Waals surface area contributed by atoms with E-state index in [2.05, 4.69) is 55.2 Å². The summed E-state index contributed by atoms with van der Waals surface area (Å²) in [5, 5.41) is 4.23. The molecule has 0 amide bonds. The van der Waals surface area contributed by atoms with E-state index in [4.69, 9.17) is 11.6 Å². The van der Waals surface area contributed by atoms with Crippen LogP contribution in [0.3, 0.4) is 0 Å². The van der Waals surface area contributed by atoms with Crippen molar-refractivity contribution in [1.82, 2.24) is 10.3 Å². The Kier molecular flexibility index (Phi) is 5.84. The first-order chi connectivity index (χ1) is 9.11. The van der Waals surface area contributed by atoms with Crippen LogP contribution >= 0.6 is 54.8 Å². The maximum absolute atomic E-state index is 6.19. The highest BCUT2D eigenvalue weighted by molar-refractivity contribution is 9.13. The molecule has 6 heteroatoms. The summed E-state index contributed by atoms with van der Waals surface area (Å²) < 4.78 is 2.21. The first kappa shape index (κ1) is 15.4. The Bertz CT molecular complexity index is 540. The number of likely N-dealkylation sites (N-methyl/N-ethyl adjacent to an activating group) is 1. The van der Waals surface area contributed by atoms with Crippen LogP contribution in [0.25, 0.3) is 0 Å². The van der Waals surface area contributed by atoms with Gasteiger partial charge >= 0.3 is 0 Å². The summed E-state index contributed by atoms with van der Waals surface area (Å²) in [5.74, 6) is 0. The van der Waals surface area contributed by atoms with Crippen molar-refractivity contribution in [2.75, 3.05) is 6.54 Å². The maximum Gasteiger partial charge on any atom is 0.0843 e. The summed E-state index contributed by atoms with van der Waals surface area (Å²) in [4.78, 5) is 5.31. The summed E-state index contributed by atoms with van der Waals surface area (Å²) in [5.41, 5.74) is 1.11. The molecular formula is C13H13Br2ClN2S. The molecule has 0 saturated heterocycles. The highest BCUT2D eigenvalue weighted by Crippen LogP contribution is 2.36. The molecule has 19 heavy (non-hydrogen) atoms. The smallest absolute Gasteiger partial charge is 0.0843 e. The van der Waals surface area contributed by atoms with Gasteiger partial charge in [-0.2, -0.15) is 0 Å². The zero-order chi connectivity index (χ0) is 13.8. The Morgan fingerprint density at radius 2 is 2.26 bits per heavy atom. The van der Waals surface area contributed by atoms with Gasteiger partial charge in [-0.15, -0.1) is 11.3 Å². The van der Waals surface area contributed by atoms with E-state index in [9.17, 15) is 0 Å². The van der Waals surface area contributed by atoms with Gasteiger partial charge in [0.25, 0.3) is 0 Å². The van der Waals surface area contributed by atoms with E-state index >= 15 is 0 Å². The average molecular weight is 425 g/mol. The summed E-state index contributed by atoms with van der Waals surface area (Å²) in [6.45, 7) is 3.03. The number of thiophene rings is 1. The van der Waals surface area contributed by atoms with Crippen molar-refractivity contribution in [3.63, 3.8) is 0 Å². The van der Waals surface area contributed by atoms with Crippen molar-refractivity contribution in [1.29, 1.82) is 0 Å². The monoisotopic (exact) mass is 422 g/mol. The fourth-order valence-electron chi connectivity index (χ4n) is 1.84. The number of nitrogens with one attached hydrogen (secondary N) is 1. The molecule has 2 aromatic rings. The summed E-state index contributed by atoms with van der Waals surface area (Å²) in [6.07, 6.45) is 4.33. The van der Waals surface area contributed by atoms with E-state index < -0.39 is 0 Å². The standard InChI is InChI=1S/C13H13Br2ClN2S/c1-2-18-11(12-6-9(14)13(15)19-12)5-8-3-4-17-7-10(8)16/h3-4,6-7,11,18H,2,5H2,1H3. The largest absolute Gasteiger partial charge is 0.309 e. The van der Waals surface area contributed by atoms with E-state index in [0.717, 1.165) is 31.8 Å². The molecule has 2 aromatic heterocycles. The van der Waals surface area contributed by atoms with Gasteiger partial charge in [0.2, 0.25) is 0 Å². The van der Waals surface area contributed by atoms with Crippen molar-refractivity contribution in [3.8, 4) is 0 Å². The third kappa shape index (κ3) is 4.02. The molecule has 1 unspecified atom stereocenters. The third-order valence-corrected chi connectivity index (χ3v) is 6.45. The third-order valence-electron chi connectivity index (χ3n) is 2.74. The molecule has 0 radical (unpaired) electrons. The quantitative estimate of drug-likeness (QED) is 0.712. The molecular weight excluding hydrogens is 411 g/mol. The Labute approximate surface area is 138 Å². The second-order valence-electron chi connectivity index (χ2n) is 4.05. The SMILES string of the molecule is CCNC(Cc1ccncc1Cl)c1cc(Br)c(Br)s1. The van der Waals surface area contributed by atoms with Gasteiger partial charge < -0.3 is 5.32 Å². The Morgan fingerprint density at radius 3 is 2.84 bits per heavy atom. The lowest BCUT2D eigenvalue weighted by Gasteiger charge is -2.17. The molecule has 2 heterocycles. The highest BCUT2D eigenvalue weighted by atomic mass is 79.9. The Morgan fingerprint density at radius 1 is 1.47 bits per heavy atom. The number of hydrogen-bond donors (Lipinski definition) is 1. The van der Waals surface area contributed by atoms with E-state index in [-0.39, 0.29) is 6.04 Å². The summed E-state index contributed by atoms with van der Waals surface area (Å²) >= 11 is 15.0. The van der Waals surface area contributed by atoms with Crippen molar-refractivity contribution in [2.45, 2.75) is 19.4 Å². The molecule has 1 atom stereocenters. The number of rotatable bonds is 5. The molecule has 0 aliphatic heterocycles. The zero-order valence-electron chi connectivity index (χ0n) is 10.3. The number of hydrogen-bond acceptors (Lipinski definition) is 3. The van der Waals surface area contributed by atoms with Crippen LogP contribution in [-0.4, -0.2) is 11.5 Å². The lowest BCUT2D eigenvalue weighted by Crippen LogP contribution is -2.22. The molecule has 0 bridgehead atoms. The van der Waals surface area contributed by atoms with Crippen LogP contribution < -0.4 is 5.32 Å². The molecule has 0 saturated carbocycles. The maximum atomic E-state index is 6.19. The van der Waals surface area contributed by atoms with Crippen LogP contribution in [0.2, 0.25) is 5.02 Å². The van der Waals surface area contributed by atoms with Gasteiger partial charge in [0.1, 0.15) is 0 Å². The van der Waals surface area contributed by atoms with Crippen LogP contribution in [0.4, 0.5) is 0 Å². The van der Waals surface area contributed by atoms with E-state index in [1.807, 2.05) is 6.07 Å². The second-order valence-corrected chi connectivity index (χ2v) is 7.72. The van der Waals surface area contributed by atoms with E-state index in [0.29, 0.717) is 0 Å². The number of pyridine rings is 1. The highest BCUT2D eigenvalue weighted by Gasteiger charge is 2.16. The van der Waals surface area contributed by atoms with Crippen LogP contribution in [-0.2, 0) is 6.42 Å². The van der Waals surface area contributed by atoms with E-state index in [1.165, 1.54) is 4.88 Å². The zero-order valence-corrected chi connectivity index (χ0v) is 15.0. The van der Waals surface area contributed by atoms with Crippen LogP contribution in [0.5, 0.6) is 0 Å². The lowest BCUT2D eigenvalue weighted by atomic mass is 10.1. The van der Waals surface area contributed by atoms with Crippen LogP contribution in [0.1, 0.15) is 23.4 Å². The molecule has 102 valence electrons. The predicted molar refractivity (Wildman–Crippen MR) is 89.1 cm³/mol. The predicted octanol–water partition coefficient (Wildman–Crippen LogP) is 5.21. The molecule has 0 aliphatic carbocycles. The molecule has 2 nitrogen and oxygen atoms in total. The lowest BCUT2D eigenvalue weighted by molar-refractivity contribution is 0.558. The Balaban J connectivity index is 2.23. The van der Waals surface area contributed by atoms with Crippen LogP contribution in [0, 0.1) is 0 Å². The molecule has 0 aromatic carbocycles. The van der Waals surface area contributed by atoms with Crippen molar-refractivity contribution in [3.05, 3.63) is 48.2 Å². The van der Waals surface area contributed by atoms with Gasteiger partial charge in [-0.05, 0) is 62.5 Å². The van der Waals surface area contributed by atoms with Crippen molar-refractivity contribution < 1.29 is 0 Å². The Hall–Kier alpha value is 0.0600. The van der Waals surface area contributed by atoms with Gasteiger partial charge in [0, 0.05) is 27.8 Å².